The molecule has 6 heteroatoms. The van der Waals surface area contributed by atoms with E-state index in [9.17, 15) is 9.59 Å². The molecule has 0 bridgehead atoms. The van der Waals surface area contributed by atoms with Crippen molar-refractivity contribution >= 4 is 23.5 Å². The van der Waals surface area contributed by atoms with E-state index in [1.807, 2.05) is 19.1 Å². The number of hydrogen-bond donors (Lipinski definition) is 1. The maximum atomic E-state index is 11.9. The van der Waals surface area contributed by atoms with Gasteiger partial charge >= 0.3 is 5.97 Å². The molecule has 126 valence electrons. The molecular weight excluding hydrogens is 330 g/mol. The van der Waals surface area contributed by atoms with Crippen LogP contribution in [0.1, 0.15) is 28.9 Å². The predicted molar refractivity (Wildman–Crippen MR) is 91.3 cm³/mol. The second-order valence-corrected chi connectivity index (χ2v) is 5.59. The van der Waals surface area contributed by atoms with Gasteiger partial charge in [-0.3, -0.25) is 4.79 Å². The highest BCUT2D eigenvalue weighted by molar-refractivity contribution is 6.30. The molecule has 0 unspecified atom stereocenters. The number of methoxy groups -OCH3 is 1. The average molecular weight is 348 g/mol. The van der Waals surface area contributed by atoms with E-state index in [0.29, 0.717) is 16.3 Å². The number of esters is 1. The van der Waals surface area contributed by atoms with Gasteiger partial charge in [0, 0.05) is 5.02 Å². The van der Waals surface area contributed by atoms with Crippen LogP contribution in [-0.2, 0) is 9.53 Å². The number of halogens is 1. The Bertz CT molecular complexity index is 715. The van der Waals surface area contributed by atoms with Gasteiger partial charge in [0.1, 0.15) is 5.75 Å². The molecule has 0 aliphatic heterocycles. The summed E-state index contributed by atoms with van der Waals surface area (Å²) in [4.78, 5) is 23.8. The minimum Gasteiger partial charge on any atom is -0.497 e. The molecular formula is C18H18ClNO4. The number of hydrogen-bond acceptors (Lipinski definition) is 4. The van der Waals surface area contributed by atoms with Gasteiger partial charge in [0.05, 0.1) is 18.7 Å². The van der Waals surface area contributed by atoms with Crippen LogP contribution in [0.25, 0.3) is 0 Å². The number of nitrogens with one attached hydrogen (secondary N) is 1. The Morgan fingerprint density at radius 2 is 1.88 bits per heavy atom. The van der Waals surface area contributed by atoms with Crippen LogP contribution in [0.5, 0.6) is 5.75 Å². The second kappa shape index (κ2) is 8.36. The summed E-state index contributed by atoms with van der Waals surface area (Å²) in [5, 5.41) is 3.35. The van der Waals surface area contributed by atoms with Crippen LogP contribution in [0.3, 0.4) is 0 Å². The lowest BCUT2D eigenvalue weighted by molar-refractivity contribution is -0.124. The SMILES string of the molecule is COc1ccc(C(=O)OCC(=O)N[C@H](C)c2cccc(Cl)c2)cc1. The van der Waals surface area contributed by atoms with Crippen LogP contribution in [0, 0.1) is 0 Å². The van der Waals surface area contributed by atoms with Crippen LogP contribution in [0.15, 0.2) is 48.5 Å². The molecule has 0 aliphatic rings. The van der Waals surface area contributed by atoms with E-state index >= 15 is 0 Å². The zero-order chi connectivity index (χ0) is 17.5. The maximum Gasteiger partial charge on any atom is 0.338 e. The standard InChI is InChI=1S/C18H18ClNO4/c1-12(14-4-3-5-15(19)10-14)20-17(21)11-24-18(22)13-6-8-16(23-2)9-7-13/h3-10,12H,11H2,1-2H3,(H,20,21)/t12-/m1/s1. The largest absolute Gasteiger partial charge is 0.497 e. The number of rotatable bonds is 6. The van der Waals surface area contributed by atoms with Crippen molar-refractivity contribution in [1.29, 1.82) is 0 Å². The summed E-state index contributed by atoms with van der Waals surface area (Å²) in [5.74, 6) is -0.313. The smallest absolute Gasteiger partial charge is 0.338 e. The molecule has 1 atom stereocenters. The number of carbonyl (C=O) groups is 2. The normalized spacial score (nSPS) is 11.5. The van der Waals surface area contributed by atoms with Gasteiger partial charge in [-0.05, 0) is 48.9 Å². The molecule has 0 aromatic heterocycles. The Hall–Kier alpha value is -2.53. The molecule has 0 radical (unpaired) electrons. The molecule has 0 heterocycles. The van der Waals surface area contributed by atoms with Crippen LogP contribution in [0.2, 0.25) is 5.02 Å². The van der Waals surface area contributed by atoms with Crippen LogP contribution < -0.4 is 10.1 Å². The number of amides is 1. The summed E-state index contributed by atoms with van der Waals surface area (Å²) in [6.45, 7) is 1.48. The van der Waals surface area contributed by atoms with E-state index in [1.54, 1.807) is 43.5 Å². The first-order valence-corrected chi connectivity index (χ1v) is 7.73. The molecule has 5 nitrogen and oxygen atoms in total. The number of ether oxygens (including phenoxy) is 2. The summed E-state index contributed by atoms with van der Waals surface area (Å²) in [6, 6.07) is 13.4. The topological polar surface area (TPSA) is 64.6 Å². The number of benzene rings is 2. The Balaban J connectivity index is 1.84. The molecule has 0 fully saturated rings. The minimum absolute atomic E-state index is 0.240. The van der Waals surface area contributed by atoms with E-state index in [0.717, 1.165) is 5.56 Å². The van der Waals surface area contributed by atoms with Gasteiger partial charge in [-0.2, -0.15) is 0 Å². The van der Waals surface area contributed by atoms with Gasteiger partial charge in [0.25, 0.3) is 5.91 Å². The number of carbonyl (C=O) groups excluding carboxylic acids is 2. The molecule has 0 saturated carbocycles. The molecule has 1 amide bonds. The van der Waals surface area contributed by atoms with Gasteiger partial charge in [-0.1, -0.05) is 23.7 Å². The van der Waals surface area contributed by atoms with Gasteiger partial charge in [0.2, 0.25) is 0 Å². The molecule has 0 saturated heterocycles. The summed E-state index contributed by atoms with van der Waals surface area (Å²) >= 11 is 5.93. The third-order valence-electron chi connectivity index (χ3n) is 3.39. The van der Waals surface area contributed by atoms with E-state index in [2.05, 4.69) is 5.32 Å². The third-order valence-corrected chi connectivity index (χ3v) is 3.62. The lowest BCUT2D eigenvalue weighted by Crippen LogP contribution is -2.31. The highest BCUT2D eigenvalue weighted by atomic mass is 35.5. The predicted octanol–water partition coefficient (Wildman–Crippen LogP) is 3.38. The van der Waals surface area contributed by atoms with Gasteiger partial charge < -0.3 is 14.8 Å². The van der Waals surface area contributed by atoms with Crippen molar-refractivity contribution in [3.63, 3.8) is 0 Å². The van der Waals surface area contributed by atoms with Gasteiger partial charge in [-0.15, -0.1) is 0 Å². The van der Waals surface area contributed by atoms with E-state index in [4.69, 9.17) is 21.1 Å². The third kappa shape index (κ3) is 4.99. The molecule has 2 rings (SSSR count). The van der Waals surface area contributed by atoms with Crippen LogP contribution in [0.4, 0.5) is 0 Å². The first-order chi connectivity index (χ1) is 11.5. The molecule has 0 aliphatic carbocycles. The first-order valence-electron chi connectivity index (χ1n) is 7.35. The molecule has 0 spiro atoms. The monoisotopic (exact) mass is 347 g/mol. The van der Waals surface area contributed by atoms with Crippen molar-refractivity contribution < 1.29 is 19.1 Å². The highest BCUT2D eigenvalue weighted by Crippen LogP contribution is 2.17. The zero-order valence-corrected chi connectivity index (χ0v) is 14.2. The Labute approximate surface area is 145 Å². The van der Waals surface area contributed by atoms with E-state index in [1.165, 1.54) is 0 Å². The Morgan fingerprint density at radius 1 is 1.17 bits per heavy atom. The quantitative estimate of drug-likeness (QED) is 0.813. The summed E-state index contributed by atoms with van der Waals surface area (Å²) < 4.78 is 10.0. The fourth-order valence-electron chi connectivity index (χ4n) is 2.08. The van der Waals surface area contributed by atoms with Crippen molar-refractivity contribution in [2.45, 2.75) is 13.0 Å². The maximum absolute atomic E-state index is 11.9. The zero-order valence-electron chi connectivity index (χ0n) is 13.4. The summed E-state index contributed by atoms with van der Waals surface area (Å²) in [5.41, 5.74) is 1.23. The van der Waals surface area contributed by atoms with Gasteiger partial charge in [-0.25, -0.2) is 4.79 Å². The van der Waals surface area contributed by atoms with Crippen molar-refractivity contribution in [3.8, 4) is 5.75 Å². The lowest BCUT2D eigenvalue weighted by Gasteiger charge is -2.14. The first kappa shape index (κ1) is 17.8. The second-order valence-electron chi connectivity index (χ2n) is 5.15. The minimum atomic E-state index is -0.566. The fourth-order valence-corrected chi connectivity index (χ4v) is 2.28. The van der Waals surface area contributed by atoms with E-state index < -0.39 is 5.97 Å². The van der Waals surface area contributed by atoms with Crippen LogP contribution in [-0.4, -0.2) is 25.6 Å². The summed E-state index contributed by atoms with van der Waals surface area (Å²) in [7, 11) is 1.54. The van der Waals surface area contributed by atoms with Crippen molar-refractivity contribution in [2.75, 3.05) is 13.7 Å². The Morgan fingerprint density at radius 3 is 2.50 bits per heavy atom. The summed E-state index contributed by atoms with van der Waals surface area (Å²) in [6.07, 6.45) is 0. The average Bonchev–Trinajstić information content (AvgIpc) is 2.59. The molecule has 2 aromatic rings. The van der Waals surface area contributed by atoms with E-state index in [-0.39, 0.29) is 18.6 Å². The van der Waals surface area contributed by atoms with Crippen molar-refractivity contribution in [3.05, 3.63) is 64.7 Å². The molecule has 24 heavy (non-hydrogen) atoms. The lowest BCUT2D eigenvalue weighted by atomic mass is 10.1. The fraction of sp³-hybridized carbons (Fsp3) is 0.222. The van der Waals surface area contributed by atoms with Crippen molar-refractivity contribution in [1.82, 2.24) is 5.32 Å². The molecule has 2 aromatic carbocycles. The molecule has 1 N–H and O–H groups in total. The highest BCUT2D eigenvalue weighted by Gasteiger charge is 2.13. The van der Waals surface area contributed by atoms with Crippen LogP contribution >= 0.6 is 11.6 Å². The van der Waals surface area contributed by atoms with Crippen molar-refractivity contribution in [2.24, 2.45) is 0 Å². The van der Waals surface area contributed by atoms with Gasteiger partial charge in [0.15, 0.2) is 6.61 Å². The Kier molecular flexibility index (Phi) is 6.21.